The smallest absolute Gasteiger partial charge is 0.355 e. The first-order chi connectivity index (χ1) is 12.0. The molecule has 2 rings (SSSR count). The third kappa shape index (κ3) is 4.47. The number of amides is 1. The van der Waals surface area contributed by atoms with Crippen LogP contribution in [0.4, 0.5) is 0 Å². The van der Waals surface area contributed by atoms with E-state index in [0.717, 1.165) is 22.4 Å². The number of pyridine rings is 1. The fourth-order valence-electron chi connectivity index (χ4n) is 2.92. The summed E-state index contributed by atoms with van der Waals surface area (Å²) >= 11 is 0. The summed E-state index contributed by atoms with van der Waals surface area (Å²) in [4.78, 5) is 28.3. The maximum absolute atomic E-state index is 12.1. The molecule has 134 valence electrons. The molecule has 0 aromatic carbocycles. The zero-order chi connectivity index (χ0) is 18.4. The number of hydrogen-bond acceptors (Lipinski definition) is 4. The molecular formula is C19H25N3O3. The van der Waals surface area contributed by atoms with Gasteiger partial charge in [-0.1, -0.05) is 6.07 Å². The highest BCUT2D eigenvalue weighted by Gasteiger charge is 2.21. The van der Waals surface area contributed by atoms with Crippen molar-refractivity contribution >= 4 is 11.9 Å². The van der Waals surface area contributed by atoms with Crippen molar-refractivity contribution in [3.05, 3.63) is 52.6 Å². The number of nitrogens with one attached hydrogen (secondary N) is 1. The molecule has 0 atom stereocenters. The molecule has 0 spiro atoms. The number of hydrogen-bond donors (Lipinski definition) is 1. The van der Waals surface area contributed by atoms with Crippen LogP contribution in [0, 0.1) is 13.8 Å². The summed E-state index contributed by atoms with van der Waals surface area (Å²) in [6.45, 7) is 6.46. The Morgan fingerprint density at radius 3 is 2.72 bits per heavy atom. The lowest BCUT2D eigenvalue weighted by Crippen LogP contribution is -2.23. The van der Waals surface area contributed by atoms with Gasteiger partial charge in [0.05, 0.1) is 6.61 Å². The van der Waals surface area contributed by atoms with Gasteiger partial charge in [0.15, 0.2) is 0 Å². The fraction of sp³-hybridized carbons (Fsp3) is 0.421. The van der Waals surface area contributed by atoms with Crippen LogP contribution in [0.15, 0.2) is 24.5 Å². The summed E-state index contributed by atoms with van der Waals surface area (Å²) in [5.41, 5.74) is 4.43. The second kappa shape index (κ2) is 8.46. The Hall–Kier alpha value is -2.63. The van der Waals surface area contributed by atoms with E-state index in [1.807, 2.05) is 37.6 Å². The van der Waals surface area contributed by atoms with E-state index in [1.165, 1.54) is 0 Å². The molecule has 0 saturated carbocycles. The predicted octanol–water partition coefficient (Wildman–Crippen LogP) is 2.46. The zero-order valence-electron chi connectivity index (χ0n) is 15.3. The summed E-state index contributed by atoms with van der Waals surface area (Å²) in [6.07, 6.45) is 4.39. The average molecular weight is 343 g/mol. The molecule has 25 heavy (non-hydrogen) atoms. The Morgan fingerprint density at radius 2 is 2.08 bits per heavy atom. The lowest BCUT2D eigenvalue weighted by atomic mass is 10.0. The van der Waals surface area contributed by atoms with E-state index >= 15 is 0 Å². The van der Waals surface area contributed by atoms with E-state index in [0.29, 0.717) is 31.7 Å². The molecular weight excluding hydrogens is 318 g/mol. The van der Waals surface area contributed by atoms with Crippen molar-refractivity contribution in [3.63, 3.8) is 0 Å². The molecule has 0 radical (unpaired) electrons. The molecule has 0 bridgehead atoms. The molecule has 6 nitrogen and oxygen atoms in total. The summed E-state index contributed by atoms with van der Waals surface area (Å²) in [6, 6.07) is 3.76. The highest BCUT2D eigenvalue weighted by Crippen LogP contribution is 2.23. The molecule has 0 aliphatic heterocycles. The molecule has 2 aromatic rings. The van der Waals surface area contributed by atoms with Crippen LogP contribution in [-0.2, 0) is 29.5 Å². The molecule has 1 N–H and O–H groups in total. The number of aromatic nitrogens is 2. The third-order valence-electron chi connectivity index (χ3n) is 4.37. The van der Waals surface area contributed by atoms with Gasteiger partial charge in [-0.25, -0.2) is 4.79 Å². The van der Waals surface area contributed by atoms with Gasteiger partial charge in [0.2, 0.25) is 5.91 Å². The Labute approximate surface area is 148 Å². The van der Waals surface area contributed by atoms with Gasteiger partial charge in [0.25, 0.3) is 0 Å². The van der Waals surface area contributed by atoms with Crippen molar-refractivity contribution in [2.24, 2.45) is 7.05 Å². The van der Waals surface area contributed by atoms with E-state index in [2.05, 4.69) is 10.3 Å². The van der Waals surface area contributed by atoms with Crippen molar-refractivity contribution in [1.82, 2.24) is 14.9 Å². The van der Waals surface area contributed by atoms with E-state index in [-0.39, 0.29) is 11.9 Å². The monoisotopic (exact) mass is 343 g/mol. The van der Waals surface area contributed by atoms with Crippen molar-refractivity contribution in [2.45, 2.75) is 40.2 Å². The SMILES string of the molecule is CCOC(=O)c1c(C)c(CCC(=O)NCc2cccnc2)c(C)n1C. The molecule has 2 aromatic heterocycles. The van der Waals surface area contributed by atoms with Crippen LogP contribution in [0.3, 0.4) is 0 Å². The van der Waals surface area contributed by atoms with Crippen LogP contribution in [-0.4, -0.2) is 28.0 Å². The minimum atomic E-state index is -0.321. The Bertz CT molecular complexity index is 751. The quantitative estimate of drug-likeness (QED) is 0.784. The molecule has 0 aliphatic carbocycles. The fourth-order valence-corrected chi connectivity index (χ4v) is 2.92. The first kappa shape index (κ1) is 18.7. The van der Waals surface area contributed by atoms with Crippen LogP contribution >= 0.6 is 0 Å². The van der Waals surface area contributed by atoms with Gasteiger partial charge >= 0.3 is 5.97 Å². The van der Waals surface area contributed by atoms with Crippen molar-refractivity contribution in [1.29, 1.82) is 0 Å². The number of esters is 1. The van der Waals surface area contributed by atoms with Crippen LogP contribution in [0.2, 0.25) is 0 Å². The highest BCUT2D eigenvalue weighted by molar-refractivity contribution is 5.90. The highest BCUT2D eigenvalue weighted by atomic mass is 16.5. The number of ether oxygens (including phenoxy) is 1. The van der Waals surface area contributed by atoms with E-state index in [4.69, 9.17) is 4.74 Å². The van der Waals surface area contributed by atoms with Gasteiger partial charge in [0.1, 0.15) is 5.69 Å². The Kier molecular flexibility index (Phi) is 6.33. The maximum atomic E-state index is 12.1. The molecule has 2 heterocycles. The maximum Gasteiger partial charge on any atom is 0.355 e. The lowest BCUT2D eigenvalue weighted by molar-refractivity contribution is -0.121. The first-order valence-corrected chi connectivity index (χ1v) is 8.43. The molecule has 0 saturated heterocycles. The Morgan fingerprint density at radius 1 is 1.32 bits per heavy atom. The molecule has 0 aliphatic rings. The first-order valence-electron chi connectivity index (χ1n) is 8.43. The summed E-state index contributed by atoms with van der Waals surface area (Å²) in [5.74, 6) is -0.345. The second-order valence-corrected chi connectivity index (χ2v) is 5.96. The van der Waals surface area contributed by atoms with Crippen LogP contribution in [0.25, 0.3) is 0 Å². The minimum Gasteiger partial charge on any atom is -0.461 e. The summed E-state index contributed by atoms with van der Waals surface area (Å²) in [5, 5.41) is 2.90. The second-order valence-electron chi connectivity index (χ2n) is 5.96. The van der Waals surface area contributed by atoms with Crippen molar-refractivity contribution in [2.75, 3.05) is 6.61 Å². The molecule has 0 unspecified atom stereocenters. The number of nitrogens with zero attached hydrogens (tertiary/aromatic N) is 2. The van der Waals surface area contributed by atoms with E-state index in [9.17, 15) is 9.59 Å². The van der Waals surface area contributed by atoms with E-state index < -0.39 is 0 Å². The van der Waals surface area contributed by atoms with Gasteiger partial charge in [-0.05, 0) is 49.9 Å². The lowest BCUT2D eigenvalue weighted by Gasteiger charge is -2.06. The number of rotatable bonds is 7. The van der Waals surface area contributed by atoms with Gasteiger partial charge in [0, 0.05) is 38.1 Å². The normalized spacial score (nSPS) is 10.6. The van der Waals surface area contributed by atoms with Gasteiger partial charge < -0.3 is 14.6 Å². The molecule has 0 fully saturated rings. The molecule has 1 amide bonds. The third-order valence-corrected chi connectivity index (χ3v) is 4.37. The minimum absolute atomic E-state index is 0.0239. The van der Waals surface area contributed by atoms with Gasteiger partial charge in [-0.15, -0.1) is 0 Å². The van der Waals surface area contributed by atoms with E-state index in [1.54, 1.807) is 19.3 Å². The standard InChI is InChI=1S/C19H25N3O3/c1-5-25-19(24)18-13(2)16(14(3)22(18)4)8-9-17(23)21-12-15-7-6-10-20-11-15/h6-7,10-11H,5,8-9,12H2,1-4H3,(H,21,23). The van der Waals surface area contributed by atoms with Crippen LogP contribution in [0.1, 0.15) is 46.2 Å². The topological polar surface area (TPSA) is 73.2 Å². The zero-order valence-corrected chi connectivity index (χ0v) is 15.3. The van der Waals surface area contributed by atoms with Crippen molar-refractivity contribution in [3.8, 4) is 0 Å². The Balaban J connectivity index is 1.99. The van der Waals surface area contributed by atoms with Crippen LogP contribution < -0.4 is 5.32 Å². The van der Waals surface area contributed by atoms with Gasteiger partial charge in [-0.2, -0.15) is 0 Å². The average Bonchev–Trinajstić information content (AvgIpc) is 2.81. The molecule has 6 heteroatoms. The van der Waals surface area contributed by atoms with Crippen molar-refractivity contribution < 1.29 is 14.3 Å². The summed E-state index contributed by atoms with van der Waals surface area (Å²) in [7, 11) is 1.85. The number of carbonyl (C=O) groups is 2. The number of carbonyl (C=O) groups excluding carboxylic acids is 2. The summed E-state index contributed by atoms with van der Waals surface area (Å²) < 4.78 is 6.97. The van der Waals surface area contributed by atoms with Gasteiger partial charge in [-0.3, -0.25) is 9.78 Å². The largest absolute Gasteiger partial charge is 0.461 e. The van der Waals surface area contributed by atoms with Crippen LogP contribution in [0.5, 0.6) is 0 Å². The predicted molar refractivity (Wildman–Crippen MR) is 95.2 cm³/mol.